The molecule has 0 radical (unpaired) electrons. The molecule has 82 valence electrons. The second kappa shape index (κ2) is 4.67. The van der Waals surface area contributed by atoms with Gasteiger partial charge in [-0.3, -0.25) is 0 Å². The van der Waals surface area contributed by atoms with Crippen LogP contribution in [0.15, 0.2) is 24.3 Å². The number of hydrogen-bond donors (Lipinski definition) is 1. The van der Waals surface area contributed by atoms with E-state index in [4.69, 9.17) is 5.73 Å². The fourth-order valence-corrected chi connectivity index (χ4v) is 2.24. The Hall–Kier alpha value is -1.02. The van der Waals surface area contributed by atoms with Crippen molar-refractivity contribution < 1.29 is 0 Å². The number of hydrogen-bond acceptors (Lipinski definition) is 2. The summed E-state index contributed by atoms with van der Waals surface area (Å²) in [6, 6.07) is 8.50. The van der Waals surface area contributed by atoms with Crippen LogP contribution >= 0.6 is 0 Å². The average Bonchev–Trinajstić information content (AvgIpc) is 2.30. The topological polar surface area (TPSA) is 29.3 Å². The highest BCUT2D eigenvalue weighted by molar-refractivity contribution is 5.53. The summed E-state index contributed by atoms with van der Waals surface area (Å²) >= 11 is 0. The second-order valence-electron chi connectivity index (χ2n) is 4.50. The van der Waals surface area contributed by atoms with Crippen LogP contribution in [0.4, 0.5) is 5.69 Å². The predicted octanol–water partition coefficient (Wildman–Crippen LogP) is 2.38. The van der Waals surface area contributed by atoms with Gasteiger partial charge in [-0.25, -0.2) is 0 Å². The highest BCUT2D eigenvalue weighted by Crippen LogP contribution is 2.25. The lowest BCUT2D eigenvalue weighted by molar-refractivity contribution is 0.438. The van der Waals surface area contributed by atoms with Gasteiger partial charge in [-0.1, -0.05) is 25.1 Å². The molecule has 1 aromatic rings. The molecular formula is C13H20N2. The monoisotopic (exact) mass is 204 g/mol. The third-order valence-corrected chi connectivity index (χ3v) is 3.34. The highest BCUT2D eigenvalue weighted by Gasteiger charge is 2.17. The van der Waals surface area contributed by atoms with Gasteiger partial charge in [0.05, 0.1) is 0 Å². The molecule has 15 heavy (non-hydrogen) atoms. The maximum atomic E-state index is 5.76. The maximum absolute atomic E-state index is 5.76. The predicted molar refractivity (Wildman–Crippen MR) is 64.9 cm³/mol. The molecule has 1 aliphatic rings. The van der Waals surface area contributed by atoms with Crippen LogP contribution in [0.5, 0.6) is 0 Å². The zero-order valence-corrected chi connectivity index (χ0v) is 9.45. The van der Waals surface area contributed by atoms with Crippen LogP contribution in [0.3, 0.4) is 0 Å². The van der Waals surface area contributed by atoms with Crippen molar-refractivity contribution in [2.75, 3.05) is 18.0 Å². The lowest BCUT2D eigenvalue weighted by Gasteiger charge is -2.33. The Kier molecular flexibility index (Phi) is 3.27. The Balaban J connectivity index is 2.15. The first kappa shape index (κ1) is 10.5. The van der Waals surface area contributed by atoms with E-state index in [1.165, 1.54) is 37.2 Å². The van der Waals surface area contributed by atoms with Gasteiger partial charge in [-0.15, -0.1) is 0 Å². The largest absolute Gasteiger partial charge is 0.371 e. The standard InChI is InChI=1S/C13H20N2/c1-11-6-8-15(9-7-11)13-5-3-2-4-12(13)10-14/h2-5,11H,6-10,14H2,1H3. The van der Waals surface area contributed by atoms with Crippen molar-refractivity contribution >= 4 is 5.69 Å². The van der Waals surface area contributed by atoms with E-state index in [-0.39, 0.29) is 0 Å². The first-order valence-corrected chi connectivity index (χ1v) is 5.84. The molecule has 2 heteroatoms. The Morgan fingerprint density at radius 2 is 1.93 bits per heavy atom. The lowest BCUT2D eigenvalue weighted by Crippen LogP contribution is -2.33. The average molecular weight is 204 g/mol. The van der Waals surface area contributed by atoms with E-state index in [0.29, 0.717) is 6.54 Å². The van der Waals surface area contributed by atoms with Crippen molar-refractivity contribution in [3.63, 3.8) is 0 Å². The van der Waals surface area contributed by atoms with Crippen LogP contribution in [0.2, 0.25) is 0 Å². The molecule has 1 saturated heterocycles. The van der Waals surface area contributed by atoms with Crippen molar-refractivity contribution in [2.45, 2.75) is 26.3 Å². The van der Waals surface area contributed by atoms with Crippen LogP contribution in [0.1, 0.15) is 25.3 Å². The third kappa shape index (κ3) is 2.32. The molecule has 1 aromatic carbocycles. The van der Waals surface area contributed by atoms with Crippen LogP contribution < -0.4 is 10.6 Å². The summed E-state index contributed by atoms with van der Waals surface area (Å²) in [6.07, 6.45) is 2.61. The van der Waals surface area contributed by atoms with E-state index in [9.17, 15) is 0 Å². The summed E-state index contributed by atoms with van der Waals surface area (Å²) in [5, 5.41) is 0. The van der Waals surface area contributed by atoms with Gasteiger partial charge in [0.1, 0.15) is 0 Å². The first-order chi connectivity index (χ1) is 7.31. The number of piperidine rings is 1. The van der Waals surface area contributed by atoms with Crippen molar-refractivity contribution in [3.05, 3.63) is 29.8 Å². The van der Waals surface area contributed by atoms with Gasteiger partial charge < -0.3 is 10.6 Å². The van der Waals surface area contributed by atoms with Crippen LogP contribution in [-0.4, -0.2) is 13.1 Å². The molecule has 0 aromatic heterocycles. The first-order valence-electron chi connectivity index (χ1n) is 5.84. The van der Waals surface area contributed by atoms with Gasteiger partial charge in [0, 0.05) is 25.3 Å². The molecule has 2 nitrogen and oxygen atoms in total. The van der Waals surface area contributed by atoms with E-state index in [2.05, 4.69) is 36.1 Å². The number of nitrogens with two attached hydrogens (primary N) is 1. The van der Waals surface area contributed by atoms with Gasteiger partial charge in [-0.05, 0) is 30.4 Å². The molecule has 0 aliphatic carbocycles. The summed E-state index contributed by atoms with van der Waals surface area (Å²) < 4.78 is 0. The van der Waals surface area contributed by atoms with Crippen molar-refractivity contribution in [1.29, 1.82) is 0 Å². The number of rotatable bonds is 2. The van der Waals surface area contributed by atoms with Gasteiger partial charge in [0.15, 0.2) is 0 Å². The fourth-order valence-electron chi connectivity index (χ4n) is 2.24. The normalized spacial score (nSPS) is 18.1. The molecule has 0 spiro atoms. The van der Waals surface area contributed by atoms with Gasteiger partial charge in [0.2, 0.25) is 0 Å². The second-order valence-corrected chi connectivity index (χ2v) is 4.50. The van der Waals surface area contributed by atoms with Crippen LogP contribution in [0.25, 0.3) is 0 Å². The fraction of sp³-hybridized carbons (Fsp3) is 0.538. The SMILES string of the molecule is CC1CCN(c2ccccc2CN)CC1. The van der Waals surface area contributed by atoms with Gasteiger partial charge in [0.25, 0.3) is 0 Å². The van der Waals surface area contributed by atoms with E-state index < -0.39 is 0 Å². The Bertz CT molecular complexity index is 314. The summed E-state index contributed by atoms with van der Waals surface area (Å²) in [5.41, 5.74) is 8.37. The summed E-state index contributed by atoms with van der Waals surface area (Å²) in [4.78, 5) is 2.47. The summed E-state index contributed by atoms with van der Waals surface area (Å²) in [7, 11) is 0. The molecule has 0 saturated carbocycles. The highest BCUT2D eigenvalue weighted by atomic mass is 15.1. The van der Waals surface area contributed by atoms with Gasteiger partial charge in [-0.2, -0.15) is 0 Å². The lowest BCUT2D eigenvalue weighted by atomic mass is 9.98. The molecule has 1 fully saturated rings. The third-order valence-electron chi connectivity index (χ3n) is 3.34. The molecule has 1 heterocycles. The van der Waals surface area contributed by atoms with Crippen molar-refractivity contribution in [1.82, 2.24) is 0 Å². The Morgan fingerprint density at radius 1 is 1.27 bits per heavy atom. The molecule has 1 aliphatic heterocycles. The summed E-state index contributed by atoms with van der Waals surface area (Å²) in [5.74, 6) is 0.881. The number of anilines is 1. The summed E-state index contributed by atoms with van der Waals surface area (Å²) in [6.45, 7) is 5.34. The molecule has 0 bridgehead atoms. The molecule has 0 atom stereocenters. The van der Waals surface area contributed by atoms with Crippen molar-refractivity contribution in [3.8, 4) is 0 Å². The van der Waals surface area contributed by atoms with E-state index in [1.807, 2.05) is 0 Å². The van der Waals surface area contributed by atoms with Crippen LogP contribution in [-0.2, 0) is 6.54 Å². The minimum atomic E-state index is 0.641. The molecular weight excluding hydrogens is 184 g/mol. The Morgan fingerprint density at radius 3 is 2.60 bits per heavy atom. The molecule has 0 unspecified atom stereocenters. The zero-order valence-electron chi connectivity index (χ0n) is 9.45. The quantitative estimate of drug-likeness (QED) is 0.801. The zero-order chi connectivity index (χ0) is 10.7. The van der Waals surface area contributed by atoms with E-state index in [1.54, 1.807) is 0 Å². The maximum Gasteiger partial charge on any atom is 0.0411 e. The van der Waals surface area contributed by atoms with Crippen molar-refractivity contribution in [2.24, 2.45) is 11.7 Å². The molecule has 2 rings (SSSR count). The van der Waals surface area contributed by atoms with Gasteiger partial charge >= 0.3 is 0 Å². The van der Waals surface area contributed by atoms with E-state index in [0.717, 1.165) is 5.92 Å². The molecule has 0 amide bonds. The minimum absolute atomic E-state index is 0.641. The smallest absolute Gasteiger partial charge is 0.0411 e. The van der Waals surface area contributed by atoms with E-state index >= 15 is 0 Å². The number of para-hydroxylation sites is 1. The van der Waals surface area contributed by atoms with Crippen LogP contribution in [0, 0.1) is 5.92 Å². The molecule has 2 N–H and O–H groups in total. The number of benzene rings is 1. The Labute approximate surface area is 92.1 Å². The number of nitrogens with zero attached hydrogens (tertiary/aromatic N) is 1. The minimum Gasteiger partial charge on any atom is -0.371 e.